The van der Waals surface area contributed by atoms with Crippen LogP contribution in [0, 0.1) is 0 Å². The van der Waals surface area contributed by atoms with Crippen molar-refractivity contribution in [1.82, 2.24) is 4.90 Å². The highest BCUT2D eigenvalue weighted by atomic mass is 16.3. The summed E-state index contributed by atoms with van der Waals surface area (Å²) in [6, 6.07) is 8.63. The van der Waals surface area contributed by atoms with Crippen LogP contribution in [0.25, 0.3) is 0 Å². The lowest BCUT2D eigenvalue weighted by Crippen LogP contribution is -2.46. The second-order valence-electron chi connectivity index (χ2n) is 6.36. The first kappa shape index (κ1) is 13.9. The Morgan fingerprint density at radius 2 is 2.15 bits per heavy atom. The van der Waals surface area contributed by atoms with Crippen LogP contribution in [-0.4, -0.2) is 41.3 Å². The van der Waals surface area contributed by atoms with Crippen molar-refractivity contribution in [2.24, 2.45) is 0 Å². The fraction of sp³-hybridized carbons (Fsp3) is 0.647. The number of benzene rings is 1. The molecule has 1 fully saturated rings. The average molecular weight is 274 g/mol. The lowest BCUT2D eigenvalue weighted by Gasteiger charge is -2.33. The van der Waals surface area contributed by atoms with E-state index in [1.54, 1.807) is 0 Å². The molecule has 3 rings (SSSR count). The van der Waals surface area contributed by atoms with Gasteiger partial charge in [-0.05, 0) is 56.8 Å². The van der Waals surface area contributed by atoms with Gasteiger partial charge in [0.2, 0.25) is 0 Å². The predicted octanol–water partition coefficient (Wildman–Crippen LogP) is 2.65. The van der Waals surface area contributed by atoms with Crippen LogP contribution < -0.4 is 5.32 Å². The van der Waals surface area contributed by atoms with Gasteiger partial charge in [0.1, 0.15) is 0 Å². The van der Waals surface area contributed by atoms with Crippen LogP contribution >= 0.6 is 0 Å². The molecule has 0 radical (unpaired) electrons. The molecule has 0 spiro atoms. The van der Waals surface area contributed by atoms with Crippen LogP contribution in [0.2, 0.25) is 0 Å². The molecular weight excluding hydrogens is 248 g/mol. The minimum atomic E-state index is -0.554. The van der Waals surface area contributed by atoms with Crippen molar-refractivity contribution in [3.63, 3.8) is 0 Å². The van der Waals surface area contributed by atoms with Gasteiger partial charge in [-0.3, -0.25) is 0 Å². The van der Waals surface area contributed by atoms with Crippen molar-refractivity contribution >= 4 is 5.69 Å². The molecule has 3 heteroatoms. The molecule has 2 aliphatic heterocycles. The molecule has 0 aliphatic carbocycles. The minimum absolute atomic E-state index is 0.182. The normalized spacial score (nSPS) is 30.6. The maximum atomic E-state index is 11.1. The molecule has 3 nitrogen and oxygen atoms in total. The summed E-state index contributed by atoms with van der Waals surface area (Å²) in [6.45, 7) is 5.55. The Bertz CT molecular complexity index is 437. The predicted molar refractivity (Wildman–Crippen MR) is 83.1 cm³/mol. The molecule has 2 unspecified atom stereocenters. The molecule has 1 aromatic carbocycles. The highest BCUT2D eigenvalue weighted by Gasteiger charge is 2.40. The van der Waals surface area contributed by atoms with E-state index in [0.717, 1.165) is 45.3 Å². The average Bonchev–Trinajstić information content (AvgIpc) is 2.81. The van der Waals surface area contributed by atoms with Gasteiger partial charge in [0.15, 0.2) is 0 Å². The summed E-state index contributed by atoms with van der Waals surface area (Å²) in [4.78, 5) is 2.50. The summed E-state index contributed by atoms with van der Waals surface area (Å²) in [6.07, 6.45) is 5.06. The third kappa shape index (κ3) is 2.70. The van der Waals surface area contributed by atoms with Crippen LogP contribution in [0.5, 0.6) is 0 Å². The maximum Gasteiger partial charge on any atom is 0.0863 e. The molecular formula is C17H26N2O. The van der Waals surface area contributed by atoms with Crippen LogP contribution in [0.3, 0.4) is 0 Å². The number of para-hydroxylation sites is 1. The van der Waals surface area contributed by atoms with Gasteiger partial charge in [0.05, 0.1) is 11.6 Å². The Morgan fingerprint density at radius 1 is 1.30 bits per heavy atom. The van der Waals surface area contributed by atoms with Crippen molar-refractivity contribution in [3.8, 4) is 0 Å². The monoisotopic (exact) mass is 274 g/mol. The molecule has 0 bridgehead atoms. The molecule has 0 aromatic heterocycles. The van der Waals surface area contributed by atoms with Crippen molar-refractivity contribution in [1.29, 1.82) is 0 Å². The van der Waals surface area contributed by atoms with Gasteiger partial charge >= 0.3 is 0 Å². The molecule has 2 N–H and O–H groups in total. The number of aliphatic hydroxyl groups is 1. The first-order valence-electron chi connectivity index (χ1n) is 8.00. The van der Waals surface area contributed by atoms with Crippen molar-refractivity contribution in [2.75, 3.05) is 25.0 Å². The Morgan fingerprint density at radius 3 is 2.95 bits per heavy atom. The zero-order chi connectivity index (χ0) is 14.0. The number of hydrogen-bond acceptors (Lipinski definition) is 3. The van der Waals surface area contributed by atoms with Crippen LogP contribution in [0.1, 0.15) is 38.2 Å². The summed E-state index contributed by atoms with van der Waals surface area (Å²) >= 11 is 0. The molecule has 0 saturated carbocycles. The summed E-state index contributed by atoms with van der Waals surface area (Å²) in [7, 11) is 0. The lowest BCUT2D eigenvalue weighted by molar-refractivity contribution is 0.00848. The molecule has 1 saturated heterocycles. The summed E-state index contributed by atoms with van der Waals surface area (Å²) < 4.78 is 0. The fourth-order valence-corrected chi connectivity index (χ4v) is 3.71. The number of likely N-dealkylation sites (tertiary alicyclic amines) is 1. The zero-order valence-electron chi connectivity index (χ0n) is 12.4. The largest absolute Gasteiger partial charge is 0.388 e. The SMILES string of the molecule is CCCN1CCCC(O)(C2Cc3ccccc3N2)CC1. The summed E-state index contributed by atoms with van der Waals surface area (Å²) in [5, 5.41) is 14.7. The van der Waals surface area contributed by atoms with E-state index in [4.69, 9.17) is 0 Å². The fourth-order valence-electron chi connectivity index (χ4n) is 3.71. The second kappa shape index (κ2) is 5.74. The standard InChI is InChI=1S/C17H26N2O/c1-2-10-19-11-5-8-17(20,9-12-19)16-13-14-6-3-4-7-15(14)18-16/h3-4,6-7,16,18,20H,2,5,8-13H2,1H3. The summed E-state index contributed by atoms with van der Waals surface area (Å²) in [5.41, 5.74) is 2.00. The highest BCUT2D eigenvalue weighted by Crippen LogP contribution is 2.35. The van der Waals surface area contributed by atoms with Gasteiger partial charge in [-0.25, -0.2) is 0 Å². The molecule has 20 heavy (non-hydrogen) atoms. The van der Waals surface area contributed by atoms with Crippen molar-refractivity contribution in [2.45, 2.75) is 50.7 Å². The van der Waals surface area contributed by atoms with Crippen LogP contribution in [0.4, 0.5) is 5.69 Å². The molecule has 2 aliphatic rings. The third-order valence-corrected chi connectivity index (χ3v) is 4.90. The first-order chi connectivity index (χ1) is 9.71. The van der Waals surface area contributed by atoms with E-state index in [1.807, 2.05) is 0 Å². The summed E-state index contributed by atoms with van der Waals surface area (Å²) in [5.74, 6) is 0. The molecule has 2 heterocycles. The number of anilines is 1. The van der Waals surface area contributed by atoms with Gasteiger partial charge < -0.3 is 15.3 Å². The van der Waals surface area contributed by atoms with Gasteiger partial charge in [0, 0.05) is 12.2 Å². The van der Waals surface area contributed by atoms with E-state index in [1.165, 1.54) is 17.7 Å². The lowest BCUT2D eigenvalue weighted by atomic mass is 9.85. The van der Waals surface area contributed by atoms with E-state index in [-0.39, 0.29) is 6.04 Å². The van der Waals surface area contributed by atoms with Crippen LogP contribution in [0.15, 0.2) is 24.3 Å². The highest BCUT2D eigenvalue weighted by molar-refractivity contribution is 5.57. The Hall–Kier alpha value is -1.06. The Kier molecular flexibility index (Phi) is 3.99. The first-order valence-corrected chi connectivity index (χ1v) is 8.00. The molecule has 2 atom stereocenters. The van der Waals surface area contributed by atoms with Gasteiger partial charge in [-0.1, -0.05) is 25.1 Å². The molecule has 110 valence electrons. The number of nitrogens with one attached hydrogen (secondary N) is 1. The third-order valence-electron chi connectivity index (χ3n) is 4.90. The quantitative estimate of drug-likeness (QED) is 0.889. The maximum absolute atomic E-state index is 11.1. The van der Waals surface area contributed by atoms with Gasteiger partial charge in [-0.2, -0.15) is 0 Å². The molecule has 0 amide bonds. The molecule has 1 aromatic rings. The number of hydrogen-bond donors (Lipinski definition) is 2. The smallest absolute Gasteiger partial charge is 0.0863 e. The van der Waals surface area contributed by atoms with E-state index in [0.29, 0.717) is 0 Å². The van der Waals surface area contributed by atoms with Crippen LogP contribution in [-0.2, 0) is 6.42 Å². The van der Waals surface area contributed by atoms with Gasteiger partial charge in [0.25, 0.3) is 0 Å². The van der Waals surface area contributed by atoms with E-state index >= 15 is 0 Å². The number of nitrogens with zero attached hydrogens (tertiary/aromatic N) is 1. The van der Waals surface area contributed by atoms with Gasteiger partial charge in [-0.15, -0.1) is 0 Å². The number of fused-ring (bicyclic) bond motifs is 1. The number of rotatable bonds is 3. The van der Waals surface area contributed by atoms with E-state index < -0.39 is 5.60 Å². The topological polar surface area (TPSA) is 35.5 Å². The van der Waals surface area contributed by atoms with E-state index in [2.05, 4.69) is 41.4 Å². The Balaban J connectivity index is 1.68. The van der Waals surface area contributed by atoms with Crippen molar-refractivity contribution < 1.29 is 5.11 Å². The van der Waals surface area contributed by atoms with E-state index in [9.17, 15) is 5.11 Å². The minimum Gasteiger partial charge on any atom is -0.388 e. The van der Waals surface area contributed by atoms with Crippen molar-refractivity contribution in [3.05, 3.63) is 29.8 Å². The zero-order valence-corrected chi connectivity index (χ0v) is 12.4. The second-order valence-corrected chi connectivity index (χ2v) is 6.36. The Labute approximate surface area is 122 Å².